The lowest BCUT2D eigenvalue weighted by atomic mass is 10.2. The number of rotatable bonds is 2. The van der Waals surface area contributed by atoms with Crippen LogP contribution in [0.4, 0.5) is 13.2 Å². The van der Waals surface area contributed by atoms with E-state index in [0.717, 1.165) is 6.07 Å². The topological polar surface area (TPSA) is 50.2 Å². The lowest BCUT2D eigenvalue weighted by molar-refractivity contribution is 0.0687. The maximum Gasteiger partial charge on any atom is 0.354 e. The second-order valence-electron chi connectivity index (χ2n) is 2.63. The van der Waals surface area contributed by atoms with Crippen molar-refractivity contribution < 1.29 is 23.1 Å². The molecule has 0 aromatic carbocycles. The van der Waals surface area contributed by atoms with E-state index in [1.54, 1.807) is 0 Å². The standard InChI is InChI=1S/C8H6F3NO2/c1-3-2-4(9)6(7(10)11)12-5(3)8(13)14/h2,7H,1H3,(H,13,14). The van der Waals surface area contributed by atoms with Crippen molar-refractivity contribution in [2.45, 2.75) is 13.3 Å². The number of hydrogen-bond acceptors (Lipinski definition) is 2. The smallest absolute Gasteiger partial charge is 0.354 e. The first-order chi connectivity index (χ1) is 6.43. The van der Waals surface area contributed by atoms with Gasteiger partial charge in [-0.25, -0.2) is 22.9 Å². The zero-order valence-electron chi connectivity index (χ0n) is 7.09. The first-order valence-electron chi connectivity index (χ1n) is 3.62. The number of pyridine rings is 1. The first kappa shape index (κ1) is 10.5. The Morgan fingerprint density at radius 3 is 2.57 bits per heavy atom. The minimum atomic E-state index is -3.12. The average Bonchev–Trinajstić information content (AvgIpc) is 2.02. The highest BCUT2D eigenvalue weighted by Crippen LogP contribution is 2.21. The van der Waals surface area contributed by atoms with Gasteiger partial charge in [-0.2, -0.15) is 0 Å². The van der Waals surface area contributed by atoms with E-state index in [1.807, 2.05) is 0 Å². The molecular weight excluding hydrogens is 199 g/mol. The Kier molecular flexibility index (Phi) is 2.73. The highest BCUT2D eigenvalue weighted by atomic mass is 19.3. The SMILES string of the molecule is Cc1cc(F)c(C(F)F)nc1C(=O)O. The van der Waals surface area contributed by atoms with Crippen LogP contribution < -0.4 is 0 Å². The van der Waals surface area contributed by atoms with Gasteiger partial charge in [0.2, 0.25) is 0 Å². The van der Waals surface area contributed by atoms with Crippen LogP contribution in [0.25, 0.3) is 0 Å². The molecule has 0 aliphatic rings. The number of hydrogen-bond donors (Lipinski definition) is 1. The summed E-state index contributed by atoms with van der Waals surface area (Å²) >= 11 is 0. The van der Waals surface area contributed by atoms with Gasteiger partial charge in [0.1, 0.15) is 5.69 Å². The first-order valence-corrected chi connectivity index (χ1v) is 3.62. The molecule has 0 saturated carbocycles. The number of halogens is 3. The quantitative estimate of drug-likeness (QED) is 0.804. The van der Waals surface area contributed by atoms with Crippen LogP contribution in [0.3, 0.4) is 0 Å². The highest BCUT2D eigenvalue weighted by Gasteiger charge is 2.20. The molecule has 0 aliphatic heterocycles. The van der Waals surface area contributed by atoms with Crippen LogP contribution in [0.5, 0.6) is 0 Å². The van der Waals surface area contributed by atoms with E-state index < -0.39 is 29.6 Å². The Bertz CT molecular complexity index is 379. The van der Waals surface area contributed by atoms with Gasteiger partial charge >= 0.3 is 5.97 Å². The summed E-state index contributed by atoms with van der Waals surface area (Å²) in [5.74, 6) is -2.65. The van der Waals surface area contributed by atoms with Gasteiger partial charge in [-0.3, -0.25) is 0 Å². The van der Waals surface area contributed by atoms with Gasteiger partial charge in [0.05, 0.1) is 0 Å². The second-order valence-corrected chi connectivity index (χ2v) is 2.63. The summed E-state index contributed by atoms with van der Waals surface area (Å²) < 4.78 is 37.0. The molecular formula is C8H6F3NO2. The van der Waals surface area contributed by atoms with Gasteiger partial charge < -0.3 is 5.11 Å². The van der Waals surface area contributed by atoms with Gasteiger partial charge in [0.15, 0.2) is 11.5 Å². The van der Waals surface area contributed by atoms with E-state index >= 15 is 0 Å². The average molecular weight is 205 g/mol. The van der Waals surface area contributed by atoms with Crippen LogP contribution in [0.15, 0.2) is 6.07 Å². The summed E-state index contributed by atoms with van der Waals surface area (Å²) in [5, 5.41) is 8.53. The number of aryl methyl sites for hydroxylation is 1. The molecule has 0 aliphatic carbocycles. The molecule has 0 radical (unpaired) electrons. The van der Waals surface area contributed by atoms with Crippen LogP contribution in [0, 0.1) is 12.7 Å². The number of aromatic carboxylic acids is 1. The molecule has 6 heteroatoms. The highest BCUT2D eigenvalue weighted by molar-refractivity contribution is 5.87. The monoisotopic (exact) mass is 205 g/mol. The van der Waals surface area contributed by atoms with E-state index in [2.05, 4.69) is 4.98 Å². The van der Waals surface area contributed by atoms with E-state index in [-0.39, 0.29) is 5.56 Å². The van der Waals surface area contributed by atoms with Gasteiger partial charge in [-0.1, -0.05) is 0 Å². The third-order valence-electron chi connectivity index (χ3n) is 1.60. The van der Waals surface area contributed by atoms with Crippen LogP contribution in [-0.4, -0.2) is 16.1 Å². The van der Waals surface area contributed by atoms with Crippen LogP contribution >= 0.6 is 0 Å². The fourth-order valence-electron chi connectivity index (χ4n) is 0.964. The summed E-state index contributed by atoms with van der Waals surface area (Å²) in [5.41, 5.74) is -1.67. The number of alkyl halides is 2. The number of nitrogens with zero attached hydrogens (tertiary/aromatic N) is 1. The molecule has 0 saturated heterocycles. The normalized spacial score (nSPS) is 10.6. The third-order valence-corrected chi connectivity index (χ3v) is 1.60. The largest absolute Gasteiger partial charge is 0.477 e. The molecule has 1 N–H and O–H groups in total. The number of carbonyl (C=O) groups is 1. The molecule has 3 nitrogen and oxygen atoms in total. The van der Waals surface area contributed by atoms with Crippen molar-refractivity contribution in [2.75, 3.05) is 0 Å². The molecule has 1 rings (SSSR count). The van der Waals surface area contributed by atoms with Crippen molar-refractivity contribution in [1.29, 1.82) is 0 Å². The molecule has 0 bridgehead atoms. The summed E-state index contributed by atoms with van der Waals surface area (Å²) in [4.78, 5) is 13.5. The van der Waals surface area contributed by atoms with E-state index in [1.165, 1.54) is 6.92 Å². The molecule has 0 spiro atoms. The van der Waals surface area contributed by atoms with Gasteiger partial charge in [-0.05, 0) is 18.6 Å². The lowest BCUT2D eigenvalue weighted by Crippen LogP contribution is -2.08. The van der Waals surface area contributed by atoms with Crippen molar-refractivity contribution in [1.82, 2.24) is 4.98 Å². The van der Waals surface area contributed by atoms with Crippen LogP contribution in [0.2, 0.25) is 0 Å². The Balaban J connectivity index is 3.34. The molecule has 1 aromatic heterocycles. The predicted octanol–water partition coefficient (Wildman–Crippen LogP) is 2.16. The Labute approximate surface area is 77.2 Å². The summed E-state index contributed by atoms with van der Waals surface area (Å²) in [6.45, 7) is 1.29. The van der Waals surface area contributed by atoms with Crippen molar-refractivity contribution in [3.8, 4) is 0 Å². The minimum Gasteiger partial charge on any atom is -0.477 e. The molecule has 0 unspecified atom stereocenters. The molecule has 1 aromatic rings. The van der Waals surface area contributed by atoms with E-state index in [4.69, 9.17) is 5.11 Å². The summed E-state index contributed by atoms with van der Waals surface area (Å²) in [7, 11) is 0. The van der Waals surface area contributed by atoms with Gasteiger partial charge in [0.25, 0.3) is 6.43 Å². The van der Waals surface area contributed by atoms with Crippen LogP contribution in [-0.2, 0) is 0 Å². The molecule has 0 fully saturated rings. The minimum absolute atomic E-state index is 0.0133. The molecule has 1 heterocycles. The van der Waals surface area contributed by atoms with Gasteiger partial charge in [-0.15, -0.1) is 0 Å². The Hall–Kier alpha value is -1.59. The fourth-order valence-corrected chi connectivity index (χ4v) is 0.964. The maximum absolute atomic E-state index is 12.8. The summed E-state index contributed by atoms with van der Waals surface area (Å²) in [6, 6.07) is 0.734. The van der Waals surface area contributed by atoms with Gasteiger partial charge in [0, 0.05) is 0 Å². The van der Waals surface area contributed by atoms with E-state index in [0.29, 0.717) is 0 Å². The van der Waals surface area contributed by atoms with Crippen molar-refractivity contribution in [2.24, 2.45) is 0 Å². The predicted molar refractivity (Wildman–Crippen MR) is 40.8 cm³/mol. The fraction of sp³-hybridized carbons (Fsp3) is 0.250. The molecule has 76 valence electrons. The molecule has 0 atom stereocenters. The van der Waals surface area contributed by atoms with Crippen molar-refractivity contribution >= 4 is 5.97 Å². The zero-order chi connectivity index (χ0) is 10.9. The lowest BCUT2D eigenvalue weighted by Gasteiger charge is -2.04. The van der Waals surface area contributed by atoms with Crippen molar-refractivity contribution in [3.05, 3.63) is 28.8 Å². The van der Waals surface area contributed by atoms with Crippen LogP contribution in [0.1, 0.15) is 28.2 Å². The second kappa shape index (κ2) is 3.65. The summed E-state index contributed by atoms with van der Waals surface area (Å²) in [6.07, 6.45) is -3.12. The Morgan fingerprint density at radius 2 is 2.14 bits per heavy atom. The number of aromatic nitrogens is 1. The maximum atomic E-state index is 12.8. The number of carboxylic acid groups (broad SMARTS) is 1. The molecule has 14 heavy (non-hydrogen) atoms. The zero-order valence-corrected chi connectivity index (χ0v) is 7.09. The Morgan fingerprint density at radius 1 is 1.57 bits per heavy atom. The van der Waals surface area contributed by atoms with E-state index in [9.17, 15) is 18.0 Å². The third kappa shape index (κ3) is 1.84. The number of carboxylic acids is 1. The van der Waals surface area contributed by atoms with Crippen molar-refractivity contribution in [3.63, 3.8) is 0 Å². The molecule has 0 amide bonds.